The largest absolute Gasteiger partial charge is 0.461 e. The number of hydrazone groups is 1. The van der Waals surface area contributed by atoms with Crippen molar-refractivity contribution in [2.75, 3.05) is 13.2 Å². The van der Waals surface area contributed by atoms with Crippen LogP contribution in [0.5, 0.6) is 0 Å². The summed E-state index contributed by atoms with van der Waals surface area (Å²) in [5.74, 6) is -1.72. The second kappa shape index (κ2) is 4.50. The lowest BCUT2D eigenvalue weighted by molar-refractivity contribution is -0.159. The standard InChI is InChI=1S/C8H9F3N2O3/c1-2-16-7(15)5-3-6(14)13(12-5)4-8(9,10)11/h2-4H2,1H3. The molecule has 1 aliphatic heterocycles. The Balaban J connectivity index is 2.68. The van der Waals surface area contributed by atoms with Gasteiger partial charge in [-0.2, -0.15) is 18.3 Å². The number of carbonyl (C=O) groups excluding carboxylic acids is 2. The van der Waals surface area contributed by atoms with Gasteiger partial charge in [0.1, 0.15) is 6.54 Å². The normalized spacial score (nSPS) is 16.4. The topological polar surface area (TPSA) is 59.0 Å². The lowest BCUT2D eigenvalue weighted by atomic mass is 10.3. The summed E-state index contributed by atoms with van der Waals surface area (Å²) in [7, 11) is 0. The summed E-state index contributed by atoms with van der Waals surface area (Å²) in [5.41, 5.74) is -0.295. The van der Waals surface area contributed by atoms with Gasteiger partial charge >= 0.3 is 12.1 Å². The average Bonchev–Trinajstić information content (AvgIpc) is 2.45. The number of esters is 1. The zero-order chi connectivity index (χ0) is 12.3. The van der Waals surface area contributed by atoms with E-state index in [0.29, 0.717) is 0 Å². The Labute approximate surface area is 88.8 Å². The van der Waals surface area contributed by atoms with Crippen LogP contribution < -0.4 is 0 Å². The monoisotopic (exact) mass is 238 g/mol. The van der Waals surface area contributed by atoms with Crippen LogP contribution >= 0.6 is 0 Å². The van der Waals surface area contributed by atoms with Crippen molar-refractivity contribution < 1.29 is 27.5 Å². The summed E-state index contributed by atoms with van der Waals surface area (Å²) < 4.78 is 40.5. The second-order valence-corrected chi connectivity index (χ2v) is 3.01. The number of alkyl halides is 3. The molecule has 0 aromatic carbocycles. The van der Waals surface area contributed by atoms with Crippen LogP contribution in [0.1, 0.15) is 13.3 Å². The molecule has 1 heterocycles. The van der Waals surface area contributed by atoms with Gasteiger partial charge in [0.15, 0.2) is 5.71 Å². The minimum absolute atomic E-state index is 0.0747. The van der Waals surface area contributed by atoms with Crippen molar-refractivity contribution in [1.29, 1.82) is 0 Å². The molecule has 0 aromatic rings. The van der Waals surface area contributed by atoms with Gasteiger partial charge in [0.25, 0.3) is 0 Å². The van der Waals surface area contributed by atoms with Gasteiger partial charge in [-0.3, -0.25) is 4.79 Å². The molecule has 1 amide bonds. The van der Waals surface area contributed by atoms with Crippen molar-refractivity contribution in [2.24, 2.45) is 5.10 Å². The van der Waals surface area contributed by atoms with Crippen molar-refractivity contribution >= 4 is 17.6 Å². The highest BCUT2D eigenvalue weighted by atomic mass is 19.4. The first kappa shape index (κ1) is 12.5. The molecule has 0 unspecified atom stereocenters. The Kier molecular flexibility index (Phi) is 3.51. The van der Waals surface area contributed by atoms with Gasteiger partial charge in [0, 0.05) is 0 Å². The third-order valence-corrected chi connectivity index (χ3v) is 1.69. The van der Waals surface area contributed by atoms with Gasteiger partial charge in [-0.05, 0) is 6.92 Å². The quantitative estimate of drug-likeness (QED) is 0.680. The van der Waals surface area contributed by atoms with Crippen molar-refractivity contribution in [3.63, 3.8) is 0 Å². The van der Waals surface area contributed by atoms with E-state index in [9.17, 15) is 22.8 Å². The molecule has 8 heteroatoms. The van der Waals surface area contributed by atoms with Crippen molar-refractivity contribution in [1.82, 2.24) is 5.01 Å². The zero-order valence-electron chi connectivity index (χ0n) is 8.37. The number of halogens is 3. The van der Waals surface area contributed by atoms with Crippen LogP contribution in [0.15, 0.2) is 5.10 Å². The fourth-order valence-corrected chi connectivity index (χ4v) is 1.09. The lowest BCUT2D eigenvalue weighted by Crippen LogP contribution is -2.32. The van der Waals surface area contributed by atoms with E-state index in [1.165, 1.54) is 0 Å². The maximum Gasteiger partial charge on any atom is 0.408 e. The molecule has 0 spiro atoms. The third kappa shape index (κ3) is 3.21. The molecule has 1 rings (SSSR count). The third-order valence-electron chi connectivity index (χ3n) is 1.69. The highest BCUT2D eigenvalue weighted by Gasteiger charge is 2.37. The second-order valence-electron chi connectivity index (χ2n) is 3.01. The van der Waals surface area contributed by atoms with Crippen LogP contribution in [0.25, 0.3) is 0 Å². The highest BCUT2D eigenvalue weighted by molar-refractivity contribution is 6.41. The molecule has 0 atom stereocenters. The fraction of sp³-hybridized carbons (Fsp3) is 0.625. The van der Waals surface area contributed by atoms with Crippen molar-refractivity contribution in [3.8, 4) is 0 Å². The number of ether oxygens (including phenoxy) is 1. The Hall–Kier alpha value is -1.60. The molecule has 0 radical (unpaired) electrons. The predicted molar refractivity (Wildman–Crippen MR) is 46.5 cm³/mol. The molecule has 0 saturated heterocycles. The molecular weight excluding hydrogens is 229 g/mol. The first-order valence-electron chi connectivity index (χ1n) is 4.45. The molecule has 0 fully saturated rings. The zero-order valence-corrected chi connectivity index (χ0v) is 8.37. The SMILES string of the molecule is CCOC(=O)C1=NN(CC(F)(F)F)C(=O)C1. The van der Waals surface area contributed by atoms with E-state index in [2.05, 4.69) is 9.84 Å². The smallest absolute Gasteiger partial charge is 0.408 e. The van der Waals surface area contributed by atoms with Crippen LogP contribution in [-0.4, -0.2) is 41.9 Å². The average molecular weight is 238 g/mol. The minimum Gasteiger partial charge on any atom is -0.461 e. The summed E-state index contributed by atoms with van der Waals surface area (Å²) in [6.07, 6.45) is -4.99. The van der Waals surface area contributed by atoms with Crippen LogP contribution in [0, 0.1) is 0 Å². The number of hydrogen-bond donors (Lipinski definition) is 0. The van der Waals surface area contributed by atoms with E-state index in [1.54, 1.807) is 6.92 Å². The van der Waals surface area contributed by atoms with Gasteiger partial charge < -0.3 is 4.74 Å². The van der Waals surface area contributed by atoms with Gasteiger partial charge in [0.2, 0.25) is 5.91 Å². The number of hydrogen-bond acceptors (Lipinski definition) is 4. The molecule has 0 saturated carbocycles. The van der Waals surface area contributed by atoms with Gasteiger partial charge in [-0.15, -0.1) is 0 Å². The van der Waals surface area contributed by atoms with Crippen LogP contribution in [0.3, 0.4) is 0 Å². The molecule has 90 valence electrons. The van der Waals surface area contributed by atoms with E-state index in [4.69, 9.17) is 0 Å². The van der Waals surface area contributed by atoms with Crippen molar-refractivity contribution in [3.05, 3.63) is 0 Å². The molecule has 16 heavy (non-hydrogen) atoms. The van der Waals surface area contributed by atoms with Crippen LogP contribution in [0.4, 0.5) is 13.2 Å². The lowest BCUT2D eigenvalue weighted by Gasteiger charge is -2.13. The molecule has 5 nitrogen and oxygen atoms in total. The molecule has 0 N–H and O–H groups in total. The summed E-state index contributed by atoms with van der Waals surface area (Å²) in [4.78, 5) is 22.2. The maximum atomic E-state index is 12.0. The predicted octanol–water partition coefficient (Wildman–Crippen LogP) is 0.700. The summed E-state index contributed by atoms with van der Waals surface area (Å²) in [5, 5.41) is 3.51. The van der Waals surface area contributed by atoms with Crippen LogP contribution in [-0.2, 0) is 14.3 Å². The van der Waals surface area contributed by atoms with Crippen molar-refractivity contribution in [2.45, 2.75) is 19.5 Å². The summed E-state index contributed by atoms with van der Waals surface area (Å²) >= 11 is 0. The van der Waals surface area contributed by atoms with E-state index in [1.807, 2.05) is 0 Å². The molecule has 0 aromatic heterocycles. The highest BCUT2D eigenvalue weighted by Crippen LogP contribution is 2.20. The van der Waals surface area contributed by atoms with E-state index >= 15 is 0 Å². The Morgan fingerprint density at radius 1 is 1.56 bits per heavy atom. The molecule has 1 aliphatic rings. The number of carbonyl (C=O) groups is 2. The Morgan fingerprint density at radius 2 is 2.19 bits per heavy atom. The van der Waals surface area contributed by atoms with Gasteiger partial charge in [0.05, 0.1) is 13.0 Å². The first-order valence-corrected chi connectivity index (χ1v) is 4.45. The van der Waals surface area contributed by atoms with E-state index < -0.39 is 31.0 Å². The Morgan fingerprint density at radius 3 is 2.69 bits per heavy atom. The fourth-order valence-electron chi connectivity index (χ4n) is 1.09. The number of nitrogens with zero attached hydrogens (tertiary/aromatic N) is 2. The van der Waals surface area contributed by atoms with E-state index in [0.717, 1.165) is 0 Å². The maximum absolute atomic E-state index is 12.0. The summed E-state index contributed by atoms with van der Waals surface area (Å²) in [6.45, 7) is 0.128. The molecule has 0 bridgehead atoms. The molecule has 0 aliphatic carbocycles. The molecular formula is C8H9F3N2O3. The van der Waals surface area contributed by atoms with Gasteiger partial charge in [-0.1, -0.05) is 0 Å². The Bertz CT molecular complexity index is 338. The first-order chi connectivity index (χ1) is 7.33. The van der Waals surface area contributed by atoms with E-state index in [-0.39, 0.29) is 17.3 Å². The minimum atomic E-state index is -4.54. The van der Waals surface area contributed by atoms with Gasteiger partial charge in [-0.25, -0.2) is 9.80 Å². The van der Waals surface area contributed by atoms with Crippen LogP contribution in [0.2, 0.25) is 0 Å². The number of rotatable bonds is 3. The number of amides is 1. The summed E-state index contributed by atoms with van der Waals surface area (Å²) in [6, 6.07) is 0.